The molecule has 0 radical (unpaired) electrons. The molecule has 8 heteroatoms. The minimum Gasteiger partial charge on any atom is -0.480 e. The van der Waals surface area contributed by atoms with Crippen molar-refractivity contribution in [3.05, 3.63) is 29.8 Å². The number of benzene rings is 1. The number of nitrogens with one attached hydrogen (secondary N) is 1. The zero-order valence-electron chi connectivity index (χ0n) is 15.4. The summed E-state index contributed by atoms with van der Waals surface area (Å²) in [6.45, 7) is 0. The van der Waals surface area contributed by atoms with Crippen LogP contribution in [0.25, 0.3) is 0 Å². The van der Waals surface area contributed by atoms with Crippen LogP contribution in [0, 0.1) is 5.92 Å². The molecule has 1 aromatic carbocycles. The smallest absolute Gasteiger partial charge is 0.326 e. The van der Waals surface area contributed by atoms with Gasteiger partial charge < -0.3 is 10.4 Å². The molecule has 0 saturated heterocycles. The van der Waals surface area contributed by atoms with E-state index in [2.05, 4.69) is 5.32 Å². The molecule has 2 aliphatic rings. The van der Waals surface area contributed by atoms with E-state index in [0.717, 1.165) is 44.9 Å². The van der Waals surface area contributed by atoms with Crippen LogP contribution in [0.15, 0.2) is 29.2 Å². The van der Waals surface area contributed by atoms with Gasteiger partial charge in [0.2, 0.25) is 10.0 Å². The van der Waals surface area contributed by atoms with Gasteiger partial charge in [0, 0.05) is 18.7 Å². The predicted molar refractivity (Wildman–Crippen MR) is 99.9 cm³/mol. The second-order valence-corrected chi connectivity index (χ2v) is 9.47. The van der Waals surface area contributed by atoms with Gasteiger partial charge in [-0.15, -0.1) is 0 Å². The molecule has 1 amide bonds. The fourth-order valence-corrected chi connectivity index (χ4v) is 5.10. The minimum atomic E-state index is -3.71. The highest BCUT2D eigenvalue weighted by Crippen LogP contribution is 2.33. The Morgan fingerprint density at radius 1 is 1.15 bits per heavy atom. The second kappa shape index (κ2) is 7.98. The van der Waals surface area contributed by atoms with Crippen molar-refractivity contribution in [1.29, 1.82) is 0 Å². The molecule has 0 aliphatic heterocycles. The van der Waals surface area contributed by atoms with Crippen LogP contribution in [0.3, 0.4) is 0 Å². The van der Waals surface area contributed by atoms with Crippen molar-refractivity contribution < 1.29 is 23.1 Å². The molecule has 7 nitrogen and oxygen atoms in total. The van der Waals surface area contributed by atoms with Gasteiger partial charge in [-0.25, -0.2) is 13.2 Å². The highest BCUT2D eigenvalue weighted by Gasteiger charge is 2.37. The molecular formula is C19H26N2O5S. The quantitative estimate of drug-likeness (QED) is 0.738. The van der Waals surface area contributed by atoms with Crippen molar-refractivity contribution in [3.8, 4) is 0 Å². The van der Waals surface area contributed by atoms with Crippen LogP contribution >= 0.6 is 0 Å². The van der Waals surface area contributed by atoms with E-state index in [-0.39, 0.29) is 22.4 Å². The molecular weight excluding hydrogens is 368 g/mol. The summed E-state index contributed by atoms with van der Waals surface area (Å²) in [7, 11) is -2.12. The van der Waals surface area contributed by atoms with Crippen LogP contribution in [0.5, 0.6) is 0 Å². The van der Waals surface area contributed by atoms with Gasteiger partial charge in [0.1, 0.15) is 6.04 Å². The zero-order valence-corrected chi connectivity index (χ0v) is 16.2. The zero-order chi connectivity index (χ0) is 19.6. The third kappa shape index (κ3) is 4.50. The standard InChI is InChI=1S/C19H26N2O5S/c1-21(15-7-3-2-4-8-15)27(25,26)16-9-5-6-14(12-16)18(22)20-17(19(23)24)13-10-11-13/h5-6,9,12-13,15,17H,2-4,7-8,10-11H2,1H3,(H,20,22)(H,23,24). The van der Waals surface area contributed by atoms with Crippen LogP contribution in [0.1, 0.15) is 55.3 Å². The van der Waals surface area contributed by atoms with E-state index >= 15 is 0 Å². The first kappa shape index (κ1) is 19.8. The molecule has 0 heterocycles. The Hall–Kier alpha value is -1.93. The fourth-order valence-electron chi connectivity index (χ4n) is 3.64. The molecule has 0 bridgehead atoms. The van der Waals surface area contributed by atoms with E-state index < -0.39 is 27.9 Å². The third-order valence-electron chi connectivity index (χ3n) is 5.51. The van der Waals surface area contributed by atoms with E-state index in [0.29, 0.717) is 0 Å². The number of hydrogen-bond donors (Lipinski definition) is 2. The molecule has 2 fully saturated rings. The van der Waals surface area contributed by atoms with Crippen molar-refractivity contribution in [1.82, 2.24) is 9.62 Å². The van der Waals surface area contributed by atoms with Crippen molar-refractivity contribution >= 4 is 21.9 Å². The molecule has 1 atom stereocenters. The Morgan fingerprint density at radius 2 is 1.81 bits per heavy atom. The second-order valence-electron chi connectivity index (χ2n) is 7.47. The van der Waals surface area contributed by atoms with E-state index in [4.69, 9.17) is 0 Å². The number of rotatable bonds is 7. The Bertz CT molecular complexity index is 813. The summed E-state index contributed by atoms with van der Waals surface area (Å²) in [5.41, 5.74) is 0.153. The summed E-state index contributed by atoms with van der Waals surface area (Å²) < 4.78 is 27.3. The summed E-state index contributed by atoms with van der Waals surface area (Å²) >= 11 is 0. The van der Waals surface area contributed by atoms with Crippen molar-refractivity contribution in [2.45, 2.75) is 61.9 Å². The first-order valence-corrected chi connectivity index (χ1v) is 10.9. The van der Waals surface area contributed by atoms with Gasteiger partial charge in [-0.2, -0.15) is 4.31 Å². The minimum absolute atomic E-state index is 0.0208. The molecule has 2 saturated carbocycles. The Kier molecular flexibility index (Phi) is 5.86. The lowest BCUT2D eigenvalue weighted by Crippen LogP contribution is -2.42. The van der Waals surface area contributed by atoms with Crippen LogP contribution < -0.4 is 5.32 Å². The topological polar surface area (TPSA) is 104 Å². The summed E-state index contributed by atoms with van der Waals surface area (Å²) in [6.07, 6.45) is 6.41. The number of carboxylic acids is 1. The highest BCUT2D eigenvalue weighted by molar-refractivity contribution is 7.89. The molecule has 0 aromatic heterocycles. The van der Waals surface area contributed by atoms with Crippen LogP contribution in [-0.4, -0.2) is 48.8 Å². The molecule has 27 heavy (non-hydrogen) atoms. The van der Waals surface area contributed by atoms with Gasteiger partial charge in [0.15, 0.2) is 0 Å². The number of sulfonamides is 1. The van der Waals surface area contributed by atoms with Crippen LogP contribution in [-0.2, 0) is 14.8 Å². The average molecular weight is 394 g/mol. The molecule has 1 unspecified atom stereocenters. The van der Waals surface area contributed by atoms with Gasteiger partial charge >= 0.3 is 5.97 Å². The van der Waals surface area contributed by atoms with Gasteiger partial charge in [-0.05, 0) is 49.8 Å². The SMILES string of the molecule is CN(C1CCCCC1)S(=O)(=O)c1cccc(C(=O)NC(C(=O)O)C2CC2)c1. The number of aliphatic carboxylic acids is 1. The van der Waals surface area contributed by atoms with E-state index in [1.807, 2.05) is 0 Å². The van der Waals surface area contributed by atoms with Gasteiger partial charge in [0.05, 0.1) is 4.90 Å². The molecule has 1 aromatic rings. The first-order chi connectivity index (χ1) is 12.8. The van der Waals surface area contributed by atoms with Crippen LogP contribution in [0.4, 0.5) is 0 Å². The van der Waals surface area contributed by atoms with Crippen molar-refractivity contribution in [3.63, 3.8) is 0 Å². The van der Waals surface area contributed by atoms with Crippen LogP contribution in [0.2, 0.25) is 0 Å². The molecule has 148 valence electrons. The lowest BCUT2D eigenvalue weighted by molar-refractivity contribution is -0.139. The lowest BCUT2D eigenvalue weighted by Gasteiger charge is -2.30. The van der Waals surface area contributed by atoms with Crippen molar-refractivity contribution in [2.75, 3.05) is 7.05 Å². The van der Waals surface area contributed by atoms with E-state index in [1.54, 1.807) is 7.05 Å². The maximum absolute atomic E-state index is 13.0. The average Bonchev–Trinajstić information content (AvgIpc) is 3.50. The number of nitrogens with zero attached hydrogens (tertiary/aromatic N) is 1. The summed E-state index contributed by atoms with van der Waals surface area (Å²) in [5.74, 6) is -1.67. The number of carboxylic acid groups (broad SMARTS) is 1. The van der Waals surface area contributed by atoms with Gasteiger partial charge in [-0.3, -0.25) is 4.79 Å². The molecule has 0 spiro atoms. The number of amides is 1. The fraction of sp³-hybridized carbons (Fsp3) is 0.579. The predicted octanol–water partition coefficient (Wildman–Crippen LogP) is 2.23. The maximum atomic E-state index is 13.0. The maximum Gasteiger partial charge on any atom is 0.326 e. The molecule has 2 N–H and O–H groups in total. The number of hydrogen-bond acceptors (Lipinski definition) is 4. The Balaban J connectivity index is 1.77. The summed E-state index contributed by atoms with van der Waals surface area (Å²) in [4.78, 5) is 23.8. The lowest BCUT2D eigenvalue weighted by atomic mass is 9.96. The van der Waals surface area contributed by atoms with Crippen molar-refractivity contribution in [2.24, 2.45) is 5.92 Å². The largest absolute Gasteiger partial charge is 0.480 e. The summed E-state index contributed by atoms with van der Waals surface area (Å²) in [6, 6.07) is 4.87. The monoisotopic (exact) mass is 394 g/mol. The van der Waals surface area contributed by atoms with Gasteiger partial charge in [0.25, 0.3) is 5.91 Å². The number of carbonyl (C=O) groups excluding carboxylic acids is 1. The Labute approximate surface area is 159 Å². The van der Waals surface area contributed by atoms with E-state index in [1.165, 1.54) is 28.6 Å². The highest BCUT2D eigenvalue weighted by atomic mass is 32.2. The Morgan fingerprint density at radius 3 is 2.41 bits per heavy atom. The van der Waals surface area contributed by atoms with Gasteiger partial charge in [-0.1, -0.05) is 25.3 Å². The molecule has 2 aliphatic carbocycles. The molecule has 3 rings (SSSR count). The normalized spacial score (nSPS) is 19.6. The summed E-state index contributed by atoms with van der Waals surface area (Å²) in [5, 5.41) is 11.8. The van der Waals surface area contributed by atoms with E-state index in [9.17, 15) is 23.1 Å². The first-order valence-electron chi connectivity index (χ1n) is 9.42. The third-order valence-corrected chi connectivity index (χ3v) is 7.41. The number of carbonyl (C=O) groups is 2.